The molecule has 3 rings (SSSR count). The Labute approximate surface area is 167 Å². The quantitative estimate of drug-likeness (QED) is 0.344. The molecule has 0 saturated carbocycles. The van der Waals surface area contributed by atoms with Crippen molar-refractivity contribution in [3.05, 3.63) is 82.1 Å². The normalized spacial score (nSPS) is 11.8. The summed E-state index contributed by atoms with van der Waals surface area (Å²) in [5.41, 5.74) is 4.34. The minimum Gasteiger partial charge on any atom is -0.400 e. The van der Waals surface area contributed by atoms with Crippen LogP contribution in [0.4, 0.5) is 11.6 Å². The largest absolute Gasteiger partial charge is 0.433 e. The van der Waals surface area contributed by atoms with E-state index in [0.717, 1.165) is 5.56 Å². The van der Waals surface area contributed by atoms with Gasteiger partial charge in [-0.1, -0.05) is 26.0 Å². The Morgan fingerprint density at radius 1 is 1.00 bits per heavy atom. The van der Waals surface area contributed by atoms with E-state index in [9.17, 15) is 18.5 Å². The second-order valence-electron chi connectivity index (χ2n) is 6.55. The van der Waals surface area contributed by atoms with Crippen molar-refractivity contribution >= 4 is 27.6 Å². The van der Waals surface area contributed by atoms with Crippen LogP contribution in [0.25, 0.3) is 0 Å². The fourth-order valence-electron chi connectivity index (χ4n) is 2.56. The van der Waals surface area contributed by atoms with Gasteiger partial charge in [-0.15, -0.1) is 0 Å². The number of anilines is 1. The molecule has 3 aromatic rings. The summed E-state index contributed by atoms with van der Waals surface area (Å²) in [6, 6.07) is 15.7. The maximum atomic E-state index is 12.8. The summed E-state index contributed by atoms with van der Waals surface area (Å²) in [6.07, 6.45) is 1.29. The number of hydrogen-bond acceptors (Lipinski definition) is 7. The van der Waals surface area contributed by atoms with Gasteiger partial charge < -0.3 is 4.42 Å². The molecule has 9 heteroatoms. The maximum absolute atomic E-state index is 12.8. The molecule has 0 radical (unpaired) electrons. The van der Waals surface area contributed by atoms with Crippen LogP contribution in [-0.2, 0) is 9.84 Å². The molecule has 2 aromatic carbocycles. The van der Waals surface area contributed by atoms with Gasteiger partial charge in [-0.25, -0.2) is 8.42 Å². The van der Waals surface area contributed by atoms with Gasteiger partial charge in [0.25, 0.3) is 0 Å². The zero-order valence-corrected chi connectivity index (χ0v) is 16.6. The first-order valence-corrected chi connectivity index (χ1v) is 10.2. The lowest BCUT2D eigenvalue weighted by molar-refractivity contribution is -0.402. The molecule has 8 nitrogen and oxygen atoms in total. The number of furan rings is 1. The van der Waals surface area contributed by atoms with Gasteiger partial charge in [-0.3, -0.25) is 15.5 Å². The lowest BCUT2D eigenvalue weighted by Crippen LogP contribution is -2.02. The van der Waals surface area contributed by atoms with Crippen LogP contribution in [0.15, 0.2) is 80.0 Å². The predicted octanol–water partition coefficient (Wildman–Crippen LogP) is 4.59. The molecule has 0 unspecified atom stereocenters. The number of nitro groups is 1. The van der Waals surface area contributed by atoms with Crippen LogP contribution in [0.5, 0.6) is 0 Å². The van der Waals surface area contributed by atoms with Gasteiger partial charge in [0.2, 0.25) is 9.84 Å². The van der Waals surface area contributed by atoms with E-state index in [4.69, 9.17) is 4.42 Å². The molecule has 0 aliphatic heterocycles. The number of rotatable bonds is 7. The minimum atomic E-state index is -3.61. The van der Waals surface area contributed by atoms with E-state index < -0.39 is 14.8 Å². The number of nitrogens with one attached hydrogen (secondary N) is 1. The monoisotopic (exact) mass is 413 g/mol. The molecule has 1 heterocycles. The molecule has 0 fully saturated rings. The molecular formula is C20H19N3O5S. The summed E-state index contributed by atoms with van der Waals surface area (Å²) >= 11 is 0. The first-order chi connectivity index (χ1) is 13.8. The molecule has 0 amide bonds. The zero-order chi connectivity index (χ0) is 21.0. The molecule has 0 atom stereocenters. The molecule has 29 heavy (non-hydrogen) atoms. The molecule has 0 aliphatic rings. The number of hydrazone groups is 1. The van der Waals surface area contributed by atoms with Crippen molar-refractivity contribution in [2.24, 2.45) is 5.10 Å². The Morgan fingerprint density at radius 3 is 2.10 bits per heavy atom. The third-order valence-electron chi connectivity index (χ3n) is 4.20. The van der Waals surface area contributed by atoms with Crippen LogP contribution in [0.2, 0.25) is 0 Å². The zero-order valence-electron chi connectivity index (χ0n) is 15.8. The average Bonchev–Trinajstić information content (AvgIpc) is 3.18. The summed E-state index contributed by atoms with van der Waals surface area (Å²) in [6.45, 7) is 4.09. The molecule has 0 saturated heterocycles. The van der Waals surface area contributed by atoms with Crippen molar-refractivity contribution in [3.63, 3.8) is 0 Å². The predicted molar refractivity (Wildman–Crippen MR) is 109 cm³/mol. The lowest BCUT2D eigenvalue weighted by Gasteiger charge is -2.08. The van der Waals surface area contributed by atoms with Crippen LogP contribution >= 0.6 is 0 Å². The highest BCUT2D eigenvalue weighted by Gasteiger charge is 2.17. The van der Waals surface area contributed by atoms with E-state index in [2.05, 4.69) is 10.5 Å². The van der Waals surface area contributed by atoms with Crippen molar-refractivity contribution in [1.82, 2.24) is 0 Å². The van der Waals surface area contributed by atoms with Crippen molar-refractivity contribution in [1.29, 1.82) is 0 Å². The fraction of sp³-hybridized carbons (Fsp3) is 0.150. The van der Waals surface area contributed by atoms with Gasteiger partial charge in [0, 0.05) is 0 Å². The van der Waals surface area contributed by atoms with Gasteiger partial charge in [0.1, 0.15) is 4.92 Å². The highest BCUT2D eigenvalue weighted by Crippen LogP contribution is 2.24. The molecule has 150 valence electrons. The molecule has 1 aromatic heterocycles. The van der Waals surface area contributed by atoms with Crippen molar-refractivity contribution < 1.29 is 17.8 Å². The van der Waals surface area contributed by atoms with Gasteiger partial charge in [0.05, 0.1) is 27.8 Å². The van der Waals surface area contributed by atoms with Crippen LogP contribution in [0.1, 0.15) is 31.1 Å². The van der Waals surface area contributed by atoms with Crippen LogP contribution in [-0.4, -0.2) is 19.6 Å². The van der Waals surface area contributed by atoms with Gasteiger partial charge in [-0.2, -0.15) is 5.10 Å². The molecule has 0 aliphatic carbocycles. The summed E-state index contributed by atoms with van der Waals surface area (Å²) in [4.78, 5) is 10.3. The third kappa shape index (κ3) is 4.69. The summed E-state index contributed by atoms with van der Waals surface area (Å²) < 4.78 is 30.5. The lowest BCUT2D eigenvalue weighted by atomic mass is 10.0. The first kappa shape index (κ1) is 20.3. The second kappa shape index (κ2) is 8.27. The topological polar surface area (TPSA) is 115 Å². The van der Waals surface area contributed by atoms with E-state index in [0.29, 0.717) is 11.6 Å². The Kier molecular flexibility index (Phi) is 5.79. The molecule has 0 bridgehead atoms. The molecule has 1 N–H and O–H groups in total. The Balaban J connectivity index is 1.70. The summed E-state index contributed by atoms with van der Waals surface area (Å²) in [5.74, 6) is 0.167. The smallest absolute Gasteiger partial charge is 0.400 e. The van der Waals surface area contributed by atoms with Crippen LogP contribution in [0, 0.1) is 10.1 Å². The number of hydrogen-bond donors (Lipinski definition) is 1. The highest BCUT2D eigenvalue weighted by atomic mass is 32.2. The first-order valence-electron chi connectivity index (χ1n) is 8.76. The number of sulfone groups is 1. The van der Waals surface area contributed by atoms with E-state index in [1.165, 1.54) is 30.5 Å². The van der Waals surface area contributed by atoms with Gasteiger partial charge >= 0.3 is 5.88 Å². The highest BCUT2D eigenvalue weighted by molar-refractivity contribution is 7.91. The average molecular weight is 413 g/mol. The molecular weight excluding hydrogens is 394 g/mol. The van der Waals surface area contributed by atoms with E-state index in [1.807, 2.05) is 26.0 Å². The SMILES string of the molecule is CC(C)c1ccc(S(=O)(=O)c2ccc(N/N=C\c3ccc([N+](=O)[O-])o3)cc2)cc1. The van der Waals surface area contributed by atoms with Crippen molar-refractivity contribution in [2.45, 2.75) is 29.6 Å². The summed E-state index contributed by atoms with van der Waals surface area (Å²) in [7, 11) is -3.61. The van der Waals surface area contributed by atoms with Crippen molar-refractivity contribution in [2.75, 3.05) is 5.43 Å². The Morgan fingerprint density at radius 2 is 1.59 bits per heavy atom. The fourth-order valence-corrected chi connectivity index (χ4v) is 3.82. The van der Waals surface area contributed by atoms with Crippen LogP contribution in [0.3, 0.4) is 0 Å². The Hall–Kier alpha value is -3.46. The van der Waals surface area contributed by atoms with E-state index in [-0.39, 0.29) is 21.4 Å². The standard InChI is InChI=1S/C20H19N3O5S/c1-14(2)15-3-8-18(9-4-15)29(26,27)19-10-5-16(6-11-19)22-21-13-17-7-12-20(28-17)23(24)25/h3-14,22H,1-2H3/b21-13-. The Bertz CT molecular complexity index is 1130. The third-order valence-corrected chi connectivity index (χ3v) is 5.99. The van der Waals surface area contributed by atoms with E-state index >= 15 is 0 Å². The van der Waals surface area contributed by atoms with Crippen molar-refractivity contribution in [3.8, 4) is 0 Å². The second-order valence-corrected chi connectivity index (χ2v) is 8.50. The maximum Gasteiger partial charge on any atom is 0.433 e. The number of nitrogens with zero attached hydrogens (tertiary/aromatic N) is 2. The minimum absolute atomic E-state index is 0.172. The van der Waals surface area contributed by atoms with Crippen LogP contribution < -0.4 is 5.43 Å². The summed E-state index contributed by atoms with van der Waals surface area (Å²) in [5, 5.41) is 14.5. The number of benzene rings is 2. The molecule has 0 spiro atoms. The van der Waals surface area contributed by atoms with E-state index in [1.54, 1.807) is 24.3 Å². The van der Waals surface area contributed by atoms with Gasteiger partial charge in [0.15, 0.2) is 5.76 Å². The van der Waals surface area contributed by atoms with Gasteiger partial charge in [-0.05, 0) is 53.9 Å².